The summed E-state index contributed by atoms with van der Waals surface area (Å²) in [6.45, 7) is 2.08. The van der Waals surface area contributed by atoms with Crippen molar-refractivity contribution in [3.05, 3.63) is 51.5 Å². The van der Waals surface area contributed by atoms with Crippen LogP contribution in [-0.2, 0) is 0 Å². The molecule has 0 fully saturated rings. The van der Waals surface area contributed by atoms with Gasteiger partial charge >= 0.3 is 0 Å². The molecule has 96 valence electrons. The quantitative estimate of drug-likeness (QED) is 0.913. The summed E-state index contributed by atoms with van der Waals surface area (Å²) in [5.41, 5.74) is 2.18. The average Bonchev–Trinajstić information content (AvgIpc) is 2.79. The lowest BCUT2D eigenvalue weighted by atomic mass is 10.0. The first-order valence-corrected chi connectivity index (χ1v) is 6.59. The van der Waals surface area contributed by atoms with E-state index in [0.717, 1.165) is 5.56 Å². The Kier molecular flexibility index (Phi) is 3.99. The third-order valence-corrected chi connectivity index (χ3v) is 3.76. The molecule has 0 aliphatic carbocycles. The molecule has 4 heteroatoms. The van der Waals surface area contributed by atoms with Gasteiger partial charge in [-0.2, -0.15) is 0 Å². The van der Waals surface area contributed by atoms with Crippen molar-refractivity contribution >= 4 is 11.3 Å². The van der Waals surface area contributed by atoms with Crippen molar-refractivity contribution in [1.82, 2.24) is 5.32 Å². The molecule has 0 aliphatic rings. The van der Waals surface area contributed by atoms with E-state index in [1.165, 1.54) is 23.6 Å². The average molecular weight is 265 g/mol. The lowest BCUT2D eigenvalue weighted by Crippen LogP contribution is -2.17. The maximum Gasteiger partial charge on any atom is 0.165 e. The van der Waals surface area contributed by atoms with Gasteiger partial charge in [-0.05, 0) is 48.7 Å². The van der Waals surface area contributed by atoms with Crippen molar-refractivity contribution in [2.75, 3.05) is 14.2 Å². The molecule has 0 aliphatic heterocycles. The highest BCUT2D eigenvalue weighted by molar-refractivity contribution is 7.10. The van der Waals surface area contributed by atoms with Crippen LogP contribution >= 0.6 is 11.3 Å². The van der Waals surface area contributed by atoms with E-state index in [-0.39, 0.29) is 17.6 Å². The molecule has 1 aromatic heterocycles. The van der Waals surface area contributed by atoms with E-state index in [1.54, 1.807) is 23.5 Å². The Labute approximate surface area is 110 Å². The molecule has 0 bridgehead atoms. The lowest BCUT2D eigenvalue weighted by molar-refractivity contribution is 0.385. The number of hydrogen-bond donors (Lipinski definition) is 1. The Morgan fingerprint density at radius 1 is 1.28 bits per heavy atom. The molecule has 2 aromatic rings. The number of thiophene rings is 1. The van der Waals surface area contributed by atoms with Crippen LogP contribution in [0.1, 0.15) is 22.0 Å². The maximum absolute atomic E-state index is 13.4. The molecule has 2 rings (SSSR count). The summed E-state index contributed by atoms with van der Waals surface area (Å²) in [6.07, 6.45) is 0. The van der Waals surface area contributed by atoms with Gasteiger partial charge in [-0.15, -0.1) is 11.3 Å². The SMILES string of the molecule is CNC(c1csc(C)c1)c1ccc(F)c(OC)c1. The van der Waals surface area contributed by atoms with E-state index >= 15 is 0 Å². The molecule has 1 aromatic carbocycles. The zero-order valence-corrected chi connectivity index (χ0v) is 11.5. The summed E-state index contributed by atoms with van der Waals surface area (Å²) in [6, 6.07) is 7.17. The molecule has 2 nitrogen and oxygen atoms in total. The number of rotatable bonds is 4. The molecule has 0 saturated carbocycles. The van der Waals surface area contributed by atoms with Gasteiger partial charge in [0, 0.05) is 4.88 Å². The van der Waals surface area contributed by atoms with E-state index in [1.807, 2.05) is 7.05 Å². The van der Waals surface area contributed by atoms with Gasteiger partial charge < -0.3 is 10.1 Å². The first-order chi connectivity index (χ1) is 8.65. The lowest BCUT2D eigenvalue weighted by Gasteiger charge is -2.16. The zero-order chi connectivity index (χ0) is 13.1. The van der Waals surface area contributed by atoms with Crippen LogP contribution in [0.4, 0.5) is 4.39 Å². The van der Waals surface area contributed by atoms with Crippen molar-refractivity contribution in [2.45, 2.75) is 13.0 Å². The third-order valence-electron chi connectivity index (χ3n) is 2.88. The molecule has 1 atom stereocenters. The Morgan fingerprint density at radius 2 is 2.06 bits per heavy atom. The Morgan fingerprint density at radius 3 is 2.61 bits per heavy atom. The fourth-order valence-electron chi connectivity index (χ4n) is 2.00. The van der Waals surface area contributed by atoms with E-state index < -0.39 is 0 Å². The first-order valence-electron chi connectivity index (χ1n) is 5.71. The van der Waals surface area contributed by atoms with Crippen LogP contribution in [0.25, 0.3) is 0 Å². The highest BCUT2D eigenvalue weighted by atomic mass is 32.1. The smallest absolute Gasteiger partial charge is 0.165 e. The zero-order valence-electron chi connectivity index (χ0n) is 10.7. The predicted octanol–water partition coefficient (Wildman–Crippen LogP) is 3.51. The number of benzene rings is 1. The summed E-state index contributed by atoms with van der Waals surface area (Å²) >= 11 is 1.71. The first kappa shape index (κ1) is 13.1. The van der Waals surface area contributed by atoms with Crippen molar-refractivity contribution in [3.8, 4) is 5.75 Å². The Bertz CT molecular complexity index is 538. The summed E-state index contributed by atoms with van der Waals surface area (Å²) in [7, 11) is 3.37. The standard InChI is InChI=1S/C14H16FNOS/c1-9-6-11(8-18-9)14(16-2)10-4-5-12(15)13(7-10)17-3/h4-8,14,16H,1-3H3. The van der Waals surface area contributed by atoms with Gasteiger partial charge in [-0.25, -0.2) is 4.39 Å². The van der Waals surface area contributed by atoms with Crippen LogP contribution in [0, 0.1) is 12.7 Å². The maximum atomic E-state index is 13.4. The Hall–Kier alpha value is -1.39. The monoisotopic (exact) mass is 265 g/mol. The minimum Gasteiger partial charge on any atom is -0.494 e. The van der Waals surface area contributed by atoms with Crippen molar-refractivity contribution in [1.29, 1.82) is 0 Å². The summed E-state index contributed by atoms with van der Waals surface area (Å²) in [5.74, 6) is -0.0581. The fourth-order valence-corrected chi connectivity index (χ4v) is 2.73. The van der Waals surface area contributed by atoms with Crippen molar-refractivity contribution in [2.24, 2.45) is 0 Å². The van der Waals surface area contributed by atoms with Crippen LogP contribution in [0.5, 0.6) is 5.75 Å². The summed E-state index contributed by atoms with van der Waals surface area (Å²) < 4.78 is 18.4. The highest BCUT2D eigenvalue weighted by Gasteiger charge is 2.15. The normalized spacial score (nSPS) is 12.4. The number of methoxy groups -OCH3 is 1. The van der Waals surface area contributed by atoms with Crippen LogP contribution in [0.15, 0.2) is 29.6 Å². The minimum absolute atomic E-state index is 0.0597. The molecular formula is C14H16FNOS. The summed E-state index contributed by atoms with van der Waals surface area (Å²) in [4.78, 5) is 1.26. The molecule has 0 amide bonds. The minimum atomic E-state index is -0.336. The highest BCUT2D eigenvalue weighted by Crippen LogP contribution is 2.29. The molecule has 0 saturated heterocycles. The molecule has 18 heavy (non-hydrogen) atoms. The second kappa shape index (κ2) is 5.50. The second-order valence-corrected chi connectivity index (χ2v) is 5.22. The van der Waals surface area contributed by atoms with Gasteiger partial charge in [0.25, 0.3) is 0 Å². The van der Waals surface area contributed by atoms with E-state index in [0.29, 0.717) is 0 Å². The van der Waals surface area contributed by atoms with Crippen LogP contribution in [0.2, 0.25) is 0 Å². The van der Waals surface area contributed by atoms with E-state index in [9.17, 15) is 4.39 Å². The molecular weight excluding hydrogens is 249 g/mol. The van der Waals surface area contributed by atoms with Gasteiger partial charge in [0.05, 0.1) is 13.2 Å². The van der Waals surface area contributed by atoms with Gasteiger partial charge in [0.2, 0.25) is 0 Å². The van der Waals surface area contributed by atoms with Crippen LogP contribution in [0.3, 0.4) is 0 Å². The Balaban J connectivity index is 2.38. The van der Waals surface area contributed by atoms with Gasteiger partial charge in [0.1, 0.15) is 0 Å². The van der Waals surface area contributed by atoms with Crippen LogP contribution in [-0.4, -0.2) is 14.2 Å². The fraction of sp³-hybridized carbons (Fsp3) is 0.286. The number of hydrogen-bond acceptors (Lipinski definition) is 3. The number of aryl methyl sites for hydroxylation is 1. The van der Waals surface area contributed by atoms with Crippen molar-refractivity contribution in [3.63, 3.8) is 0 Å². The third kappa shape index (κ3) is 2.54. The number of ether oxygens (including phenoxy) is 1. The molecule has 1 N–H and O–H groups in total. The number of nitrogens with one attached hydrogen (secondary N) is 1. The molecule has 1 unspecified atom stereocenters. The van der Waals surface area contributed by atoms with Crippen molar-refractivity contribution < 1.29 is 9.13 Å². The predicted molar refractivity (Wildman–Crippen MR) is 72.9 cm³/mol. The number of halogens is 1. The van der Waals surface area contributed by atoms with E-state index in [2.05, 4.69) is 23.7 Å². The second-order valence-electron chi connectivity index (χ2n) is 4.11. The topological polar surface area (TPSA) is 21.3 Å². The molecule has 0 radical (unpaired) electrons. The van der Waals surface area contributed by atoms with Crippen LogP contribution < -0.4 is 10.1 Å². The molecule has 1 heterocycles. The molecule has 0 spiro atoms. The van der Waals surface area contributed by atoms with Gasteiger partial charge in [0.15, 0.2) is 11.6 Å². The van der Waals surface area contributed by atoms with Gasteiger partial charge in [-0.1, -0.05) is 6.07 Å². The largest absolute Gasteiger partial charge is 0.494 e. The van der Waals surface area contributed by atoms with E-state index in [4.69, 9.17) is 4.74 Å². The van der Waals surface area contributed by atoms with Gasteiger partial charge in [-0.3, -0.25) is 0 Å². The summed E-state index contributed by atoms with van der Waals surface area (Å²) in [5, 5.41) is 5.36.